The first kappa shape index (κ1) is 16.9. The molecule has 4 aromatic rings. The molecule has 1 aliphatic rings. The Kier molecular flexibility index (Phi) is 4.25. The van der Waals surface area contributed by atoms with Gasteiger partial charge >= 0.3 is 0 Å². The Morgan fingerprint density at radius 3 is 2.61 bits per heavy atom. The number of rotatable bonds is 3. The minimum atomic E-state index is 0.0122. The first-order valence-corrected chi connectivity index (χ1v) is 9.57. The largest absolute Gasteiger partial charge is 0.335 e. The van der Waals surface area contributed by atoms with Gasteiger partial charge in [0.2, 0.25) is 0 Å². The van der Waals surface area contributed by atoms with Gasteiger partial charge in [-0.15, -0.1) is 0 Å². The highest BCUT2D eigenvalue weighted by atomic mass is 16.2. The predicted molar refractivity (Wildman–Crippen MR) is 108 cm³/mol. The fourth-order valence-electron chi connectivity index (χ4n) is 3.75. The second-order valence-electron chi connectivity index (χ2n) is 7.16. The van der Waals surface area contributed by atoms with Gasteiger partial charge in [-0.2, -0.15) is 5.10 Å². The van der Waals surface area contributed by atoms with E-state index in [2.05, 4.69) is 27.1 Å². The van der Waals surface area contributed by atoms with Gasteiger partial charge in [-0.25, -0.2) is 9.50 Å². The Bertz CT molecular complexity index is 1110. The zero-order valence-electron chi connectivity index (χ0n) is 15.5. The maximum atomic E-state index is 12.9. The zero-order valence-corrected chi connectivity index (χ0v) is 15.5. The number of carbonyl (C=O) groups is 1. The Hall–Kier alpha value is -3.25. The number of nitrogens with zero attached hydrogens (tertiary/aromatic N) is 5. The Morgan fingerprint density at radius 1 is 0.929 bits per heavy atom. The maximum Gasteiger partial charge on any atom is 0.272 e. The molecule has 6 nitrogen and oxygen atoms in total. The average molecular weight is 371 g/mol. The van der Waals surface area contributed by atoms with Crippen LogP contribution in [0.2, 0.25) is 0 Å². The van der Waals surface area contributed by atoms with E-state index in [9.17, 15) is 4.79 Å². The number of aromatic nitrogens is 3. The van der Waals surface area contributed by atoms with Gasteiger partial charge in [0.15, 0.2) is 0 Å². The molecular formula is C22H21N5O. The summed E-state index contributed by atoms with van der Waals surface area (Å²) in [7, 11) is 0. The number of fused-ring (bicyclic) bond motifs is 2. The summed E-state index contributed by atoms with van der Waals surface area (Å²) >= 11 is 0. The standard InChI is InChI=1S/C22H21N5O/c28-22(21-9-8-17-5-1-2-7-20(17)23-21)26-13-11-25(12-14-26)16-18-15-19-6-3-4-10-27(19)24-18/h1-10,15H,11-14,16H2. The van der Waals surface area contributed by atoms with Crippen LogP contribution in [0.5, 0.6) is 0 Å². The molecule has 0 radical (unpaired) electrons. The van der Waals surface area contributed by atoms with Crippen molar-refractivity contribution in [1.82, 2.24) is 24.4 Å². The molecule has 4 heterocycles. The van der Waals surface area contributed by atoms with Crippen molar-refractivity contribution in [2.24, 2.45) is 0 Å². The van der Waals surface area contributed by atoms with E-state index >= 15 is 0 Å². The third-order valence-electron chi connectivity index (χ3n) is 5.28. The van der Waals surface area contributed by atoms with E-state index in [1.807, 2.05) is 64.1 Å². The van der Waals surface area contributed by atoms with Crippen LogP contribution >= 0.6 is 0 Å². The molecule has 140 valence electrons. The normalized spacial score (nSPS) is 15.4. The van der Waals surface area contributed by atoms with Crippen molar-refractivity contribution in [3.8, 4) is 0 Å². The molecule has 1 saturated heterocycles. The van der Waals surface area contributed by atoms with Gasteiger partial charge in [-0.3, -0.25) is 9.69 Å². The lowest BCUT2D eigenvalue weighted by Gasteiger charge is -2.34. The molecule has 5 rings (SSSR count). The van der Waals surface area contributed by atoms with Gasteiger partial charge < -0.3 is 4.90 Å². The number of para-hydroxylation sites is 1. The molecule has 0 spiro atoms. The third kappa shape index (κ3) is 3.23. The van der Waals surface area contributed by atoms with E-state index in [0.717, 1.165) is 41.7 Å². The lowest BCUT2D eigenvalue weighted by molar-refractivity contribution is 0.0621. The highest BCUT2D eigenvalue weighted by molar-refractivity contribution is 5.95. The minimum Gasteiger partial charge on any atom is -0.335 e. The van der Waals surface area contributed by atoms with E-state index in [1.54, 1.807) is 0 Å². The average Bonchev–Trinajstić information content (AvgIpc) is 3.16. The summed E-state index contributed by atoms with van der Waals surface area (Å²) in [6.07, 6.45) is 1.96. The van der Waals surface area contributed by atoms with Crippen molar-refractivity contribution in [2.45, 2.75) is 6.54 Å². The number of hydrogen-bond donors (Lipinski definition) is 0. The molecule has 28 heavy (non-hydrogen) atoms. The van der Waals surface area contributed by atoms with E-state index in [4.69, 9.17) is 0 Å². The minimum absolute atomic E-state index is 0.0122. The number of piperazine rings is 1. The van der Waals surface area contributed by atoms with Crippen molar-refractivity contribution >= 4 is 22.3 Å². The summed E-state index contributed by atoms with van der Waals surface area (Å²) in [6, 6.07) is 19.9. The monoisotopic (exact) mass is 371 g/mol. The molecule has 0 unspecified atom stereocenters. The van der Waals surface area contributed by atoms with Crippen molar-refractivity contribution < 1.29 is 4.79 Å². The van der Waals surface area contributed by atoms with E-state index in [0.29, 0.717) is 18.8 Å². The Balaban J connectivity index is 1.24. The molecule has 0 aliphatic carbocycles. The SMILES string of the molecule is O=C(c1ccc2ccccc2n1)N1CCN(Cc2cc3ccccn3n2)CC1. The first-order chi connectivity index (χ1) is 13.8. The van der Waals surface area contributed by atoms with E-state index in [-0.39, 0.29) is 5.91 Å². The molecule has 1 aliphatic heterocycles. The van der Waals surface area contributed by atoms with Gasteiger partial charge in [-0.1, -0.05) is 30.3 Å². The number of amides is 1. The fourth-order valence-corrected chi connectivity index (χ4v) is 3.75. The second kappa shape index (κ2) is 7.05. The predicted octanol–water partition coefficient (Wildman–Crippen LogP) is 2.84. The van der Waals surface area contributed by atoms with Crippen LogP contribution < -0.4 is 0 Å². The smallest absolute Gasteiger partial charge is 0.272 e. The first-order valence-electron chi connectivity index (χ1n) is 9.57. The van der Waals surface area contributed by atoms with Gasteiger partial charge in [-0.05, 0) is 30.3 Å². The molecule has 1 fully saturated rings. The van der Waals surface area contributed by atoms with Crippen molar-refractivity contribution in [3.63, 3.8) is 0 Å². The number of benzene rings is 1. The van der Waals surface area contributed by atoms with Gasteiger partial charge in [0.05, 0.1) is 16.7 Å². The summed E-state index contributed by atoms with van der Waals surface area (Å²) in [4.78, 5) is 21.6. The van der Waals surface area contributed by atoms with Gasteiger partial charge in [0.1, 0.15) is 5.69 Å². The number of hydrogen-bond acceptors (Lipinski definition) is 4. The molecule has 1 aromatic carbocycles. The van der Waals surface area contributed by atoms with Crippen molar-refractivity contribution in [2.75, 3.05) is 26.2 Å². The maximum absolute atomic E-state index is 12.9. The summed E-state index contributed by atoms with van der Waals surface area (Å²) in [6.45, 7) is 3.90. The quantitative estimate of drug-likeness (QED) is 0.556. The van der Waals surface area contributed by atoms with Crippen molar-refractivity contribution in [3.05, 3.63) is 78.2 Å². The summed E-state index contributed by atoms with van der Waals surface area (Å²) in [5, 5.41) is 5.67. The molecule has 6 heteroatoms. The van der Waals surface area contributed by atoms with Crippen LogP contribution in [-0.4, -0.2) is 56.5 Å². The lowest BCUT2D eigenvalue weighted by Crippen LogP contribution is -2.48. The van der Waals surface area contributed by atoms with Crippen LogP contribution in [0.25, 0.3) is 16.4 Å². The van der Waals surface area contributed by atoms with Crippen LogP contribution in [0.15, 0.2) is 66.9 Å². The third-order valence-corrected chi connectivity index (χ3v) is 5.28. The molecule has 0 N–H and O–H groups in total. The van der Waals surface area contributed by atoms with Crippen molar-refractivity contribution in [1.29, 1.82) is 0 Å². The molecule has 0 atom stereocenters. The van der Waals surface area contributed by atoms with Crippen LogP contribution in [0, 0.1) is 0 Å². The zero-order chi connectivity index (χ0) is 18.9. The van der Waals surface area contributed by atoms with E-state index < -0.39 is 0 Å². The topological polar surface area (TPSA) is 53.7 Å². The van der Waals surface area contributed by atoms with Gasteiger partial charge in [0, 0.05) is 44.3 Å². The van der Waals surface area contributed by atoms with Crippen LogP contribution in [0.3, 0.4) is 0 Å². The fraction of sp³-hybridized carbons (Fsp3) is 0.227. The Labute approximate surface area is 163 Å². The van der Waals surface area contributed by atoms with E-state index in [1.165, 1.54) is 0 Å². The summed E-state index contributed by atoms with van der Waals surface area (Å²) in [5.74, 6) is 0.0122. The molecule has 0 saturated carbocycles. The Morgan fingerprint density at radius 2 is 1.75 bits per heavy atom. The summed E-state index contributed by atoms with van der Waals surface area (Å²) < 4.78 is 1.90. The number of pyridine rings is 2. The molecule has 1 amide bonds. The molecule has 0 bridgehead atoms. The van der Waals surface area contributed by atoms with Gasteiger partial charge in [0.25, 0.3) is 5.91 Å². The highest BCUT2D eigenvalue weighted by Crippen LogP contribution is 2.15. The van der Waals surface area contributed by atoms with Crippen LogP contribution in [-0.2, 0) is 6.54 Å². The molecule has 3 aromatic heterocycles. The van der Waals surface area contributed by atoms with Crippen LogP contribution in [0.4, 0.5) is 0 Å². The van der Waals surface area contributed by atoms with Crippen LogP contribution in [0.1, 0.15) is 16.2 Å². The lowest BCUT2D eigenvalue weighted by atomic mass is 10.2. The molecular weight excluding hydrogens is 350 g/mol. The summed E-state index contributed by atoms with van der Waals surface area (Å²) in [5.41, 5.74) is 3.54. The second-order valence-corrected chi connectivity index (χ2v) is 7.16. The number of carbonyl (C=O) groups excluding carboxylic acids is 1. The highest BCUT2D eigenvalue weighted by Gasteiger charge is 2.23.